The van der Waals surface area contributed by atoms with Crippen LogP contribution in [0.4, 0.5) is 0 Å². The van der Waals surface area contributed by atoms with Crippen molar-refractivity contribution in [2.45, 2.75) is 13.5 Å². The Morgan fingerprint density at radius 2 is 2.20 bits per heavy atom. The Bertz CT molecular complexity index is 469. The number of nitrogens with zero attached hydrogens (tertiary/aromatic N) is 1. The molecule has 0 bridgehead atoms. The molecule has 0 spiro atoms. The van der Waals surface area contributed by atoms with Crippen molar-refractivity contribution in [3.63, 3.8) is 0 Å². The van der Waals surface area contributed by atoms with E-state index in [0.717, 1.165) is 0 Å². The van der Waals surface area contributed by atoms with E-state index in [-0.39, 0.29) is 18.0 Å². The Morgan fingerprint density at radius 3 is 2.75 bits per heavy atom. The van der Waals surface area contributed by atoms with E-state index in [1.165, 1.54) is 6.07 Å². The van der Waals surface area contributed by atoms with E-state index in [2.05, 4.69) is 5.32 Å². The van der Waals surface area contributed by atoms with Crippen molar-refractivity contribution < 1.29 is 23.8 Å². The summed E-state index contributed by atoms with van der Waals surface area (Å²) in [5, 5.41) is 11.6. The Balaban J connectivity index is 2.46. The van der Waals surface area contributed by atoms with Crippen LogP contribution in [0, 0.1) is 6.92 Å². The number of carbonyl (C=O) groups is 2. The van der Waals surface area contributed by atoms with Gasteiger partial charge in [-0.2, -0.15) is 0 Å². The number of ether oxygens (including phenoxy) is 1. The second-order valence-corrected chi connectivity index (χ2v) is 4.50. The average Bonchev–Trinajstić information content (AvgIpc) is 2.70. The first-order valence-electron chi connectivity index (χ1n) is 6.20. The molecule has 7 heteroatoms. The van der Waals surface area contributed by atoms with Crippen LogP contribution >= 0.6 is 0 Å². The van der Waals surface area contributed by atoms with Crippen LogP contribution in [0.3, 0.4) is 0 Å². The van der Waals surface area contributed by atoms with Gasteiger partial charge in [0, 0.05) is 13.7 Å². The first kappa shape index (κ1) is 16.2. The third kappa shape index (κ3) is 5.02. The van der Waals surface area contributed by atoms with Gasteiger partial charge in [0.1, 0.15) is 17.1 Å². The largest absolute Gasteiger partial charge is 0.478 e. The maximum Gasteiger partial charge on any atom is 0.339 e. The second kappa shape index (κ2) is 7.66. The first-order valence-corrected chi connectivity index (χ1v) is 6.20. The number of aromatic carboxylic acids is 1. The summed E-state index contributed by atoms with van der Waals surface area (Å²) in [5.41, 5.74) is 0.151. The maximum absolute atomic E-state index is 11.6. The lowest BCUT2D eigenvalue weighted by Crippen LogP contribution is -2.36. The van der Waals surface area contributed by atoms with Crippen LogP contribution < -0.4 is 5.32 Å². The van der Waals surface area contributed by atoms with Crippen LogP contribution in [0.25, 0.3) is 0 Å². The van der Waals surface area contributed by atoms with E-state index >= 15 is 0 Å². The summed E-state index contributed by atoms with van der Waals surface area (Å²) in [6.45, 7) is 3.10. The molecule has 0 saturated carbocycles. The smallest absolute Gasteiger partial charge is 0.339 e. The van der Waals surface area contributed by atoms with Gasteiger partial charge in [0.15, 0.2) is 0 Å². The molecule has 0 unspecified atom stereocenters. The molecule has 0 aromatic carbocycles. The predicted molar refractivity (Wildman–Crippen MR) is 71.6 cm³/mol. The van der Waals surface area contributed by atoms with E-state index in [0.29, 0.717) is 31.2 Å². The number of carboxylic acid groups (broad SMARTS) is 1. The fourth-order valence-corrected chi connectivity index (χ4v) is 1.75. The van der Waals surface area contributed by atoms with Crippen LogP contribution in [-0.4, -0.2) is 55.7 Å². The summed E-state index contributed by atoms with van der Waals surface area (Å²) >= 11 is 0. The van der Waals surface area contributed by atoms with Crippen molar-refractivity contribution >= 4 is 11.9 Å². The van der Waals surface area contributed by atoms with Gasteiger partial charge in [0.05, 0.1) is 19.7 Å². The predicted octanol–water partition coefficient (Wildman–Crippen LogP) is 0.481. The minimum atomic E-state index is -1.02. The van der Waals surface area contributed by atoms with Crippen molar-refractivity contribution in [1.82, 2.24) is 10.2 Å². The van der Waals surface area contributed by atoms with Gasteiger partial charge < -0.3 is 19.6 Å². The first-order chi connectivity index (χ1) is 9.43. The number of likely N-dealkylation sites (N-methyl/N-ethyl adjacent to an activating group) is 1. The number of hydrogen-bond donors (Lipinski definition) is 2. The van der Waals surface area contributed by atoms with Crippen LogP contribution in [0.2, 0.25) is 0 Å². The highest BCUT2D eigenvalue weighted by Crippen LogP contribution is 2.15. The molecule has 0 atom stereocenters. The topological polar surface area (TPSA) is 92.0 Å². The van der Waals surface area contributed by atoms with Crippen LogP contribution in [0.5, 0.6) is 0 Å². The number of furan rings is 1. The van der Waals surface area contributed by atoms with E-state index in [1.54, 1.807) is 26.0 Å². The van der Waals surface area contributed by atoms with Gasteiger partial charge in [-0.1, -0.05) is 0 Å². The minimum absolute atomic E-state index is 0.119. The SMILES string of the molecule is COCCNC(=O)CN(C)Cc1cc(C(=O)O)c(C)o1. The number of aryl methyl sites for hydroxylation is 1. The highest BCUT2D eigenvalue weighted by atomic mass is 16.5. The van der Waals surface area contributed by atoms with Crippen molar-refractivity contribution in [1.29, 1.82) is 0 Å². The number of amides is 1. The summed E-state index contributed by atoms with van der Waals surface area (Å²) in [6, 6.07) is 1.48. The normalized spacial score (nSPS) is 10.8. The molecule has 0 aliphatic rings. The molecule has 0 fully saturated rings. The van der Waals surface area contributed by atoms with Crippen molar-refractivity contribution in [3.05, 3.63) is 23.2 Å². The fourth-order valence-electron chi connectivity index (χ4n) is 1.75. The molecule has 0 radical (unpaired) electrons. The molecule has 0 saturated heterocycles. The van der Waals surface area contributed by atoms with Crippen LogP contribution in [0.15, 0.2) is 10.5 Å². The Hall–Kier alpha value is -1.86. The average molecular weight is 284 g/mol. The van der Waals surface area contributed by atoms with Gasteiger partial charge in [0.2, 0.25) is 5.91 Å². The second-order valence-electron chi connectivity index (χ2n) is 4.50. The lowest BCUT2D eigenvalue weighted by Gasteiger charge is -2.14. The Kier molecular flexibility index (Phi) is 6.20. The lowest BCUT2D eigenvalue weighted by molar-refractivity contribution is -0.122. The Labute approximate surface area is 117 Å². The zero-order chi connectivity index (χ0) is 15.1. The monoisotopic (exact) mass is 284 g/mol. The zero-order valence-electron chi connectivity index (χ0n) is 11.9. The van der Waals surface area contributed by atoms with Gasteiger partial charge in [-0.05, 0) is 20.0 Å². The maximum atomic E-state index is 11.6. The zero-order valence-corrected chi connectivity index (χ0v) is 11.9. The third-order valence-electron chi connectivity index (χ3n) is 2.67. The quantitative estimate of drug-likeness (QED) is 0.675. The highest BCUT2D eigenvalue weighted by Gasteiger charge is 2.15. The van der Waals surface area contributed by atoms with E-state index in [4.69, 9.17) is 14.3 Å². The van der Waals surface area contributed by atoms with E-state index in [9.17, 15) is 9.59 Å². The lowest BCUT2D eigenvalue weighted by atomic mass is 10.2. The van der Waals surface area contributed by atoms with Gasteiger partial charge in [0.25, 0.3) is 0 Å². The molecular weight excluding hydrogens is 264 g/mol. The fraction of sp³-hybridized carbons (Fsp3) is 0.538. The number of rotatable bonds is 8. The molecular formula is C13H20N2O5. The molecule has 1 aromatic rings. The number of hydrogen-bond acceptors (Lipinski definition) is 5. The molecule has 2 N–H and O–H groups in total. The van der Waals surface area contributed by atoms with Gasteiger partial charge in [-0.3, -0.25) is 9.69 Å². The van der Waals surface area contributed by atoms with Gasteiger partial charge in [-0.15, -0.1) is 0 Å². The molecule has 7 nitrogen and oxygen atoms in total. The van der Waals surface area contributed by atoms with E-state index in [1.807, 2.05) is 0 Å². The molecule has 0 aliphatic carbocycles. The van der Waals surface area contributed by atoms with Crippen LogP contribution in [-0.2, 0) is 16.1 Å². The van der Waals surface area contributed by atoms with Crippen molar-refractivity contribution in [2.24, 2.45) is 0 Å². The third-order valence-corrected chi connectivity index (χ3v) is 2.67. The molecule has 1 rings (SSSR count). The summed E-state index contributed by atoms with van der Waals surface area (Å²) in [4.78, 5) is 24.2. The molecule has 1 heterocycles. The molecule has 0 aliphatic heterocycles. The number of methoxy groups -OCH3 is 1. The molecule has 1 amide bonds. The highest BCUT2D eigenvalue weighted by molar-refractivity contribution is 5.88. The summed E-state index contributed by atoms with van der Waals surface area (Å²) in [7, 11) is 3.33. The molecule has 112 valence electrons. The van der Waals surface area contributed by atoms with Gasteiger partial charge in [-0.25, -0.2) is 4.79 Å². The van der Waals surface area contributed by atoms with Crippen molar-refractivity contribution in [2.75, 3.05) is 33.9 Å². The Morgan fingerprint density at radius 1 is 1.50 bits per heavy atom. The standard InChI is InChI=1S/C13H20N2O5/c1-9-11(13(17)18)6-10(20-9)7-15(2)8-12(16)14-4-5-19-3/h6H,4-5,7-8H2,1-3H3,(H,14,16)(H,17,18). The molecule has 1 aromatic heterocycles. The minimum Gasteiger partial charge on any atom is -0.478 e. The number of nitrogens with one attached hydrogen (secondary N) is 1. The molecule has 20 heavy (non-hydrogen) atoms. The summed E-state index contributed by atoms with van der Waals surface area (Å²) in [6.07, 6.45) is 0. The summed E-state index contributed by atoms with van der Waals surface area (Å²) in [5.74, 6) is -0.249. The van der Waals surface area contributed by atoms with Crippen molar-refractivity contribution in [3.8, 4) is 0 Å². The number of carboxylic acids is 1. The number of carbonyl (C=O) groups excluding carboxylic acids is 1. The van der Waals surface area contributed by atoms with E-state index < -0.39 is 5.97 Å². The van der Waals surface area contributed by atoms with Gasteiger partial charge >= 0.3 is 5.97 Å². The summed E-state index contributed by atoms with van der Waals surface area (Å²) < 4.78 is 10.2. The van der Waals surface area contributed by atoms with Crippen LogP contribution in [0.1, 0.15) is 21.9 Å².